The molecule has 6 nitrogen and oxygen atoms in total. The van der Waals surface area contributed by atoms with E-state index in [0.29, 0.717) is 25.3 Å². The third-order valence-corrected chi connectivity index (χ3v) is 7.35. The zero-order chi connectivity index (χ0) is 26.5. The van der Waals surface area contributed by atoms with Gasteiger partial charge in [-0.3, -0.25) is 14.7 Å². The maximum atomic E-state index is 13.4. The first kappa shape index (κ1) is 26.9. The number of hydrogen-bond acceptors (Lipinski definition) is 5. The third-order valence-electron chi connectivity index (χ3n) is 7.35. The Morgan fingerprint density at radius 2 is 1.70 bits per heavy atom. The van der Waals surface area contributed by atoms with Crippen LogP contribution >= 0.6 is 0 Å². The highest BCUT2D eigenvalue weighted by molar-refractivity contribution is 6.08. The van der Waals surface area contributed by atoms with Gasteiger partial charge in [0.05, 0.1) is 13.2 Å². The maximum absolute atomic E-state index is 13.4. The fourth-order valence-corrected chi connectivity index (χ4v) is 5.23. The third kappa shape index (κ3) is 6.06. The first-order chi connectivity index (χ1) is 17.8. The molecule has 1 aliphatic carbocycles. The van der Waals surface area contributed by atoms with E-state index in [0.717, 1.165) is 67.5 Å². The van der Waals surface area contributed by atoms with E-state index >= 15 is 0 Å². The Hall–Kier alpha value is -3.15. The van der Waals surface area contributed by atoms with E-state index < -0.39 is 11.1 Å². The molecule has 1 fully saturated rings. The van der Waals surface area contributed by atoms with Crippen LogP contribution in [0.15, 0.2) is 53.5 Å². The minimum atomic E-state index is -1.08. The van der Waals surface area contributed by atoms with E-state index in [1.807, 2.05) is 29.2 Å². The first-order valence-corrected chi connectivity index (χ1v) is 13.7. The normalized spacial score (nSPS) is 16.8. The summed E-state index contributed by atoms with van der Waals surface area (Å²) in [6, 6.07) is 16.2. The number of carbonyl (C=O) groups excluding carboxylic acids is 2. The summed E-state index contributed by atoms with van der Waals surface area (Å²) in [4.78, 5) is 32.7. The lowest BCUT2D eigenvalue weighted by atomic mass is 9.98. The number of nitrogens with zero attached hydrogens (tertiary/aromatic N) is 2. The lowest BCUT2D eigenvalue weighted by Crippen LogP contribution is -2.40. The summed E-state index contributed by atoms with van der Waals surface area (Å²) in [5, 5.41) is 0. The fourth-order valence-electron chi connectivity index (χ4n) is 5.23. The van der Waals surface area contributed by atoms with Gasteiger partial charge in [-0.05, 0) is 62.8 Å². The number of esters is 1. The highest BCUT2D eigenvalue weighted by Gasteiger charge is 2.49. The molecule has 2 aliphatic rings. The van der Waals surface area contributed by atoms with Crippen LogP contribution in [0.2, 0.25) is 0 Å². The van der Waals surface area contributed by atoms with Crippen molar-refractivity contribution in [2.45, 2.75) is 96.7 Å². The van der Waals surface area contributed by atoms with E-state index in [4.69, 9.17) is 14.5 Å². The molecule has 0 N–H and O–H groups in total. The van der Waals surface area contributed by atoms with E-state index in [1.54, 1.807) is 20.8 Å². The second-order valence-corrected chi connectivity index (χ2v) is 10.7. The van der Waals surface area contributed by atoms with Crippen LogP contribution in [-0.4, -0.2) is 40.4 Å². The highest BCUT2D eigenvalue weighted by atomic mass is 16.6. The molecular formula is C31H40N2O4. The number of aliphatic imine (C=N–C) groups is 1. The van der Waals surface area contributed by atoms with Gasteiger partial charge in [-0.1, -0.05) is 68.7 Å². The average molecular weight is 505 g/mol. The van der Waals surface area contributed by atoms with Crippen molar-refractivity contribution in [3.63, 3.8) is 0 Å². The number of benzene rings is 2. The molecule has 1 saturated carbocycles. The molecule has 37 heavy (non-hydrogen) atoms. The summed E-state index contributed by atoms with van der Waals surface area (Å²) >= 11 is 0. The van der Waals surface area contributed by atoms with Gasteiger partial charge in [0.2, 0.25) is 0 Å². The summed E-state index contributed by atoms with van der Waals surface area (Å²) < 4.78 is 11.3. The maximum Gasteiger partial charge on any atom is 0.349 e. The Morgan fingerprint density at radius 3 is 2.38 bits per heavy atom. The predicted molar refractivity (Wildman–Crippen MR) is 146 cm³/mol. The molecule has 0 unspecified atom stereocenters. The van der Waals surface area contributed by atoms with Crippen molar-refractivity contribution in [1.82, 2.24) is 4.90 Å². The minimum Gasteiger partial charge on any atom is -0.476 e. The molecule has 1 heterocycles. The van der Waals surface area contributed by atoms with Crippen LogP contribution in [0.4, 0.5) is 0 Å². The fraction of sp³-hybridized carbons (Fsp3) is 0.516. The monoisotopic (exact) mass is 504 g/mol. The number of para-hydroxylation sites is 1. The lowest BCUT2D eigenvalue weighted by Gasteiger charge is -2.25. The molecule has 1 aliphatic heterocycles. The molecule has 0 saturated heterocycles. The molecule has 4 rings (SSSR count). The number of unbranched alkanes of at least 4 members (excludes halogenated alkanes) is 1. The van der Waals surface area contributed by atoms with E-state index in [-0.39, 0.29) is 11.9 Å². The number of amidine groups is 1. The van der Waals surface area contributed by atoms with E-state index in [1.165, 1.54) is 0 Å². The van der Waals surface area contributed by atoms with Gasteiger partial charge in [0.1, 0.15) is 17.1 Å². The van der Waals surface area contributed by atoms with Gasteiger partial charge in [-0.15, -0.1) is 0 Å². The van der Waals surface area contributed by atoms with Gasteiger partial charge >= 0.3 is 5.97 Å². The molecule has 0 radical (unpaired) electrons. The van der Waals surface area contributed by atoms with Gasteiger partial charge in [-0.2, -0.15) is 0 Å². The topological polar surface area (TPSA) is 68.2 Å². The van der Waals surface area contributed by atoms with Gasteiger partial charge in [-0.25, -0.2) is 4.79 Å². The average Bonchev–Trinajstić information content (AvgIpc) is 3.46. The van der Waals surface area contributed by atoms with Gasteiger partial charge in [0.25, 0.3) is 5.91 Å². The summed E-state index contributed by atoms with van der Waals surface area (Å²) in [5.41, 5.74) is 1.66. The summed E-state index contributed by atoms with van der Waals surface area (Å²) in [6.07, 6.45) is 7.60. The summed E-state index contributed by atoms with van der Waals surface area (Å²) in [6.45, 7) is 8.30. The Kier molecular flexibility index (Phi) is 8.35. The molecule has 0 aromatic heterocycles. The number of amides is 1. The minimum absolute atomic E-state index is 0.190. The van der Waals surface area contributed by atoms with Crippen LogP contribution in [0.25, 0.3) is 0 Å². The molecule has 1 spiro atoms. The molecule has 6 heteroatoms. The number of rotatable bonds is 11. The Morgan fingerprint density at radius 1 is 1.03 bits per heavy atom. The quantitative estimate of drug-likeness (QED) is 0.340. The van der Waals surface area contributed by atoms with Crippen molar-refractivity contribution < 1.29 is 19.1 Å². The molecular weight excluding hydrogens is 464 g/mol. The van der Waals surface area contributed by atoms with Crippen molar-refractivity contribution in [2.75, 3.05) is 6.61 Å². The van der Waals surface area contributed by atoms with Crippen LogP contribution in [0.3, 0.4) is 0 Å². The van der Waals surface area contributed by atoms with Crippen LogP contribution in [0.1, 0.15) is 89.3 Å². The number of carbonyl (C=O) groups is 2. The summed E-state index contributed by atoms with van der Waals surface area (Å²) in [5.74, 6) is 1.45. The largest absolute Gasteiger partial charge is 0.476 e. The smallest absolute Gasteiger partial charge is 0.349 e. The highest BCUT2D eigenvalue weighted by Crippen LogP contribution is 2.40. The van der Waals surface area contributed by atoms with Crippen molar-refractivity contribution in [3.05, 3.63) is 65.2 Å². The lowest BCUT2D eigenvalue weighted by molar-refractivity contribution is -0.158. The molecule has 2 aromatic rings. The van der Waals surface area contributed by atoms with Crippen LogP contribution in [0.5, 0.6) is 5.75 Å². The van der Waals surface area contributed by atoms with Crippen molar-refractivity contribution in [3.8, 4) is 5.75 Å². The second kappa shape index (κ2) is 11.5. The van der Waals surface area contributed by atoms with Crippen molar-refractivity contribution in [1.29, 1.82) is 0 Å². The zero-order valence-corrected chi connectivity index (χ0v) is 22.7. The van der Waals surface area contributed by atoms with E-state index in [2.05, 4.69) is 31.2 Å². The van der Waals surface area contributed by atoms with Crippen molar-refractivity contribution >= 4 is 17.7 Å². The van der Waals surface area contributed by atoms with Crippen LogP contribution in [-0.2, 0) is 27.3 Å². The molecule has 1 amide bonds. The zero-order valence-electron chi connectivity index (χ0n) is 22.7. The molecule has 0 bridgehead atoms. The second-order valence-electron chi connectivity index (χ2n) is 10.7. The van der Waals surface area contributed by atoms with Gasteiger partial charge in [0, 0.05) is 12.8 Å². The predicted octanol–water partition coefficient (Wildman–Crippen LogP) is 6.24. The Balaban J connectivity index is 1.45. The van der Waals surface area contributed by atoms with Gasteiger partial charge in [0.15, 0.2) is 5.60 Å². The molecule has 0 atom stereocenters. The SMILES string of the molecule is CCCCC1=NC2(CCCC2)C(=O)N1Cc1ccc(Cc2ccccc2OC(C)(C)C(=O)OCC)cc1. The summed E-state index contributed by atoms with van der Waals surface area (Å²) in [7, 11) is 0. The Labute approximate surface area is 221 Å². The van der Waals surface area contributed by atoms with Crippen LogP contribution in [0, 0.1) is 0 Å². The van der Waals surface area contributed by atoms with Gasteiger partial charge < -0.3 is 9.47 Å². The van der Waals surface area contributed by atoms with Crippen LogP contribution < -0.4 is 4.74 Å². The number of hydrogen-bond donors (Lipinski definition) is 0. The number of ether oxygens (including phenoxy) is 2. The Bertz CT molecular complexity index is 1130. The molecule has 198 valence electrons. The standard InChI is InChI=1S/C31H40N2O4/c1-5-7-14-27-32-31(19-10-11-20-31)28(34)33(27)22-24-17-15-23(16-18-24)21-25-12-8-9-13-26(25)37-30(3,4)29(35)36-6-2/h8-9,12-13,15-18H,5-7,10-11,14,19-22H2,1-4H3. The van der Waals surface area contributed by atoms with E-state index in [9.17, 15) is 9.59 Å². The first-order valence-electron chi connectivity index (χ1n) is 13.7. The van der Waals surface area contributed by atoms with Crippen molar-refractivity contribution in [2.24, 2.45) is 4.99 Å². The molecule has 2 aromatic carbocycles.